The molecule has 0 amide bonds. The minimum Gasteiger partial charge on any atom is -0.382 e. The molecule has 1 N–H and O–H groups in total. The predicted molar refractivity (Wildman–Crippen MR) is 81.3 cm³/mol. The van der Waals surface area contributed by atoms with Gasteiger partial charge in [0.25, 0.3) is 0 Å². The number of aromatic nitrogens is 1. The molecule has 0 unspecified atom stereocenters. The minimum absolute atomic E-state index is 0.822. The second-order valence-electron chi connectivity index (χ2n) is 3.79. The Morgan fingerprint density at radius 2 is 2.28 bits per heavy atom. The Kier molecular flexibility index (Phi) is 9.56. The maximum atomic E-state index is 5.29. The fourth-order valence-electron chi connectivity index (χ4n) is 1.42. The third-order valence-corrected chi connectivity index (χ3v) is 4.25. The largest absolute Gasteiger partial charge is 0.382 e. The zero-order valence-electron chi connectivity index (χ0n) is 10.8. The number of rotatable bonds is 10. The molecule has 0 saturated heterocycles. The summed E-state index contributed by atoms with van der Waals surface area (Å²) in [5.74, 6) is 1.04. The van der Waals surface area contributed by atoms with Crippen LogP contribution in [0.4, 0.5) is 0 Å². The number of halogens is 1. The van der Waals surface area contributed by atoms with E-state index in [-0.39, 0.29) is 0 Å². The summed E-state index contributed by atoms with van der Waals surface area (Å²) in [6.45, 7) is 5.82. The van der Waals surface area contributed by atoms with E-state index >= 15 is 0 Å². The molecule has 5 heteroatoms. The molecule has 1 rings (SSSR count). The zero-order chi connectivity index (χ0) is 13.1. The van der Waals surface area contributed by atoms with E-state index in [0.29, 0.717) is 0 Å². The number of unbranched alkanes of at least 4 members (excludes halogenated alkanes) is 1. The van der Waals surface area contributed by atoms with Gasteiger partial charge in [0.1, 0.15) is 5.03 Å². The van der Waals surface area contributed by atoms with E-state index in [1.807, 2.05) is 25.3 Å². The van der Waals surface area contributed by atoms with Crippen LogP contribution in [0.3, 0.4) is 0 Å². The van der Waals surface area contributed by atoms with Crippen molar-refractivity contribution in [1.29, 1.82) is 0 Å². The van der Waals surface area contributed by atoms with Crippen molar-refractivity contribution in [2.75, 3.05) is 32.1 Å². The lowest BCUT2D eigenvalue weighted by molar-refractivity contribution is 0.143. The van der Waals surface area contributed by atoms with Gasteiger partial charge in [0, 0.05) is 36.2 Å². The van der Waals surface area contributed by atoms with E-state index in [1.165, 1.54) is 6.42 Å². The molecule has 1 aromatic heterocycles. The van der Waals surface area contributed by atoms with Gasteiger partial charge >= 0.3 is 0 Å². The van der Waals surface area contributed by atoms with Gasteiger partial charge < -0.3 is 10.1 Å². The molecule has 0 aromatic carbocycles. The molecule has 3 nitrogen and oxygen atoms in total. The van der Waals surface area contributed by atoms with E-state index in [4.69, 9.17) is 4.74 Å². The molecular formula is C13H21BrN2OS. The highest BCUT2D eigenvalue weighted by Crippen LogP contribution is 2.23. The number of pyridine rings is 1. The van der Waals surface area contributed by atoms with Crippen molar-refractivity contribution in [3.8, 4) is 0 Å². The summed E-state index contributed by atoms with van der Waals surface area (Å²) in [4.78, 5) is 4.32. The standard InChI is InChI=1S/C13H21BrN2OS/c1-2-17-10-4-3-7-15-9-11-18-13-12(14)6-5-8-16-13/h5-6,8,15H,2-4,7,9-11H2,1H3. The number of thioether (sulfide) groups is 1. The molecule has 0 bridgehead atoms. The first-order valence-corrected chi connectivity index (χ1v) is 8.14. The van der Waals surface area contributed by atoms with E-state index in [2.05, 4.69) is 26.2 Å². The highest BCUT2D eigenvalue weighted by Gasteiger charge is 1.99. The highest BCUT2D eigenvalue weighted by molar-refractivity contribution is 9.10. The monoisotopic (exact) mass is 332 g/mol. The van der Waals surface area contributed by atoms with Crippen molar-refractivity contribution in [2.45, 2.75) is 24.8 Å². The van der Waals surface area contributed by atoms with Crippen molar-refractivity contribution in [1.82, 2.24) is 10.3 Å². The van der Waals surface area contributed by atoms with Gasteiger partial charge in [-0.2, -0.15) is 0 Å². The number of nitrogens with zero attached hydrogens (tertiary/aromatic N) is 1. The summed E-state index contributed by atoms with van der Waals surface area (Å²) < 4.78 is 6.36. The molecule has 0 aliphatic carbocycles. The molecule has 0 fully saturated rings. The number of ether oxygens (including phenoxy) is 1. The maximum absolute atomic E-state index is 5.29. The first kappa shape index (κ1) is 16.0. The Morgan fingerprint density at radius 1 is 1.39 bits per heavy atom. The Labute approximate surface area is 122 Å². The van der Waals surface area contributed by atoms with Crippen LogP contribution in [0.1, 0.15) is 19.8 Å². The third-order valence-electron chi connectivity index (χ3n) is 2.34. The average molecular weight is 333 g/mol. The second-order valence-corrected chi connectivity index (χ2v) is 5.73. The van der Waals surface area contributed by atoms with Gasteiger partial charge in [0.2, 0.25) is 0 Å². The van der Waals surface area contributed by atoms with Gasteiger partial charge in [-0.25, -0.2) is 4.98 Å². The van der Waals surface area contributed by atoms with Crippen molar-refractivity contribution >= 4 is 27.7 Å². The molecule has 0 atom stereocenters. The van der Waals surface area contributed by atoms with Crippen LogP contribution >= 0.6 is 27.7 Å². The maximum Gasteiger partial charge on any atom is 0.110 e. The van der Waals surface area contributed by atoms with Crippen molar-refractivity contribution in [2.24, 2.45) is 0 Å². The summed E-state index contributed by atoms with van der Waals surface area (Å²) in [6, 6.07) is 3.96. The Balaban J connectivity index is 1.94. The molecule has 1 aromatic rings. The molecular weight excluding hydrogens is 312 g/mol. The molecule has 0 aliphatic heterocycles. The van der Waals surface area contributed by atoms with Crippen LogP contribution in [0.5, 0.6) is 0 Å². The molecule has 102 valence electrons. The highest BCUT2D eigenvalue weighted by atomic mass is 79.9. The molecule has 1 heterocycles. The molecule has 0 spiro atoms. The number of hydrogen-bond donors (Lipinski definition) is 1. The van der Waals surface area contributed by atoms with Gasteiger partial charge in [0.15, 0.2) is 0 Å². The lowest BCUT2D eigenvalue weighted by Crippen LogP contribution is -2.18. The van der Waals surface area contributed by atoms with Crippen molar-refractivity contribution in [3.05, 3.63) is 22.8 Å². The smallest absolute Gasteiger partial charge is 0.110 e. The summed E-state index contributed by atoms with van der Waals surface area (Å²) in [5.41, 5.74) is 0. The fourth-order valence-corrected chi connectivity index (χ4v) is 2.80. The summed E-state index contributed by atoms with van der Waals surface area (Å²) >= 11 is 5.27. The van der Waals surface area contributed by atoms with Gasteiger partial charge in [-0.15, -0.1) is 11.8 Å². The summed E-state index contributed by atoms with van der Waals surface area (Å²) in [6.07, 6.45) is 4.14. The minimum atomic E-state index is 0.822. The lowest BCUT2D eigenvalue weighted by Gasteiger charge is -2.05. The average Bonchev–Trinajstić information content (AvgIpc) is 2.39. The van der Waals surface area contributed by atoms with Crippen LogP contribution in [-0.2, 0) is 4.74 Å². The topological polar surface area (TPSA) is 34.1 Å². The SMILES string of the molecule is CCOCCCCNCCSc1ncccc1Br. The van der Waals surface area contributed by atoms with Crippen LogP contribution < -0.4 is 5.32 Å². The fraction of sp³-hybridized carbons (Fsp3) is 0.615. The zero-order valence-corrected chi connectivity index (χ0v) is 13.2. The molecule has 0 aliphatic rings. The normalized spacial score (nSPS) is 10.8. The van der Waals surface area contributed by atoms with Crippen LogP contribution in [-0.4, -0.2) is 37.0 Å². The first-order valence-electron chi connectivity index (χ1n) is 6.36. The molecule has 18 heavy (non-hydrogen) atoms. The lowest BCUT2D eigenvalue weighted by atomic mass is 10.3. The van der Waals surface area contributed by atoms with Crippen LogP contribution in [0.15, 0.2) is 27.8 Å². The Hall–Kier alpha value is -0.100. The predicted octanol–water partition coefficient (Wildman–Crippen LogP) is 3.34. The van der Waals surface area contributed by atoms with Crippen LogP contribution in [0, 0.1) is 0 Å². The number of nitrogens with one attached hydrogen (secondary N) is 1. The molecule has 0 radical (unpaired) electrons. The Bertz CT molecular complexity index is 326. The number of hydrogen-bond acceptors (Lipinski definition) is 4. The van der Waals surface area contributed by atoms with Crippen molar-refractivity contribution in [3.63, 3.8) is 0 Å². The first-order chi connectivity index (χ1) is 8.84. The van der Waals surface area contributed by atoms with Gasteiger partial charge in [-0.05, 0) is 54.4 Å². The van der Waals surface area contributed by atoms with Crippen molar-refractivity contribution < 1.29 is 4.74 Å². The van der Waals surface area contributed by atoms with E-state index in [0.717, 1.165) is 48.0 Å². The van der Waals surface area contributed by atoms with Gasteiger partial charge in [-0.1, -0.05) is 0 Å². The van der Waals surface area contributed by atoms with E-state index < -0.39 is 0 Å². The van der Waals surface area contributed by atoms with Gasteiger partial charge in [-0.3, -0.25) is 0 Å². The van der Waals surface area contributed by atoms with Crippen LogP contribution in [0.2, 0.25) is 0 Å². The Morgan fingerprint density at radius 3 is 3.06 bits per heavy atom. The molecule has 0 saturated carbocycles. The summed E-state index contributed by atoms with van der Waals surface area (Å²) in [5, 5.41) is 4.50. The van der Waals surface area contributed by atoms with E-state index in [1.54, 1.807) is 11.8 Å². The second kappa shape index (κ2) is 10.8. The third kappa shape index (κ3) is 7.36. The quantitative estimate of drug-likeness (QED) is 0.526. The van der Waals surface area contributed by atoms with E-state index in [9.17, 15) is 0 Å². The van der Waals surface area contributed by atoms with Gasteiger partial charge in [0.05, 0.1) is 0 Å². The summed E-state index contributed by atoms with van der Waals surface area (Å²) in [7, 11) is 0. The van der Waals surface area contributed by atoms with Crippen LogP contribution in [0.25, 0.3) is 0 Å².